The molecule has 1 aliphatic rings. The first kappa shape index (κ1) is 20.2. The highest BCUT2D eigenvalue weighted by molar-refractivity contribution is 7.89. The third-order valence-electron chi connectivity index (χ3n) is 4.65. The van der Waals surface area contributed by atoms with E-state index >= 15 is 0 Å². The summed E-state index contributed by atoms with van der Waals surface area (Å²) in [6.45, 7) is 3.92. The predicted molar refractivity (Wildman–Crippen MR) is 105 cm³/mol. The third kappa shape index (κ3) is 4.13. The molecule has 1 heterocycles. The molecule has 0 fully saturated rings. The van der Waals surface area contributed by atoms with Gasteiger partial charge in [-0.05, 0) is 57.3 Å². The molecule has 3 rings (SSSR count). The minimum Gasteiger partial charge on any atom is -0.497 e. The van der Waals surface area contributed by atoms with Gasteiger partial charge in [0.25, 0.3) is 5.91 Å². The predicted octanol–water partition coefficient (Wildman–Crippen LogP) is 2.64. The normalized spacial score (nSPS) is 17.9. The lowest BCUT2D eigenvalue weighted by Gasteiger charge is -2.38. The van der Waals surface area contributed by atoms with E-state index in [1.807, 2.05) is 32.0 Å². The van der Waals surface area contributed by atoms with Crippen molar-refractivity contribution in [1.29, 1.82) is 0 Å². The van der Waals surface area contributed by atoms with E-state index in [2.05, 4.69) is 10.0 Å². The number of amides is 1. The Kier molecular flexibility index (Phi) is 5.36. The molecule has 7 nitrogen and oxygen atoms in total. The van der Waals surface area contributed by atoms with E-state index in [1.165, 1.54) is 19.2 Å². The van der Waals surface area contributed by atoms with Crippen molar-refractivity contribution >= 4 is 15.9 Å². The molecule has 1 amide bonds. The molecule has 0 saturated heterocycles. The van der Waals surface area contributed by atoms with Gasteiger partial charge in [-0.3, -0.25) is 4.79 Å². The molecule has 0 spiro atoms. The van der Waals surface area contributed by atoms with Gasteiger partial charge >= 0.3 is 0 Å². The van der Waals surface area contributed by atoms with Gasteiger partial charge in [0, 0.05) is 17.5 Å². The highest BCUT2D eigenvalue weighted by Gasteiger charge is 2.35. The van der Waals surface area contributed by atoms with Gasteiger partial charge < -0.3 is 14.8 Å². The smallest absolute Gasteiger partial charge is 0.251 e. The Morgan fingerprint density at radius 3 is 2.64 bits per heavy atom. The van der Waals surface area contributed by atoms with Crippen LogP contribution in [0.1, 0.15) is 42.2 Å². The summed E-state index contributed by atoms with van der Waals surface area (Å²) in [4.78, 5) is 12.9. The van der Waals surface area contributed by atoms with Crippen LogP contribution in [0.4, 0.5) is 0 Å². The molecule has 8 heteroatoms. The number of benzene rings is 2. The first-order chi connectivity index (χ1) is 13.1. The molecule has 1 atom stereocenters. The molecular weight excluding hydrogens is 380 g/mol. The lowest BCUT2D eigenvalue weighted by molar-refractivity contribution is 0.0618. The Labute approximate surface area is 165 Å². The average Bonchev–Trinajstić information content (AvgIpc) is 2.67. The van der Waals surface area contributed by atoms with Crippen LogP contribution in [0, 0.1) is 0 Å². The highest BCUT2D eigenvalue weighted by Crippen LogP contribution is 2.41. The van der Waals surface area contributed by atoms with Crippen LogP contribution in [0.2, 0.25) is 0 Å². The van der Waals surface area contributed by atoms with Crippen molar-refractivity contribution in [2.45, 2.75) is 36.8 Å². The van der Waals surface area contributed by atoms with Gasteiger partial charge in [0.2, 0.25) is 10.0 Å². The van der Waals surface area contributed by atoms with E-state index in [9.17, 15) is 13.2 Å². The summed E-state index contributed by atoms with van der Waals surface area (Å²) in [6.07, 6.45) is 0.563. The second-order valence-electron chi connectivity index (χ2n) is 7.23. The maximum atomic E-state index is 12.9. The number of ether oxygens (including phenoxy) is 2. The summed E-state index contributed by atoms with van der Waals surface area (Å²) in [5, 5.41) is 3.01. The first-order valence-corrected chi connectivity index (χ1v) is 10.3. The molecule has 2 N–H and O–H groups in total. The fraction of sp³-hybridized carbons (Fsp3) is 0.350. The van der Waals surface area contributed by atoms with Crippen molar-refractivity contribution in [2.75, 3.05) is 14.2 Å². The third-order valence-corrected chi connectivity index (χ3v) is 6.07. The van der Waals surface area contributed by atoms with Crippen LogP contribution in [-0.4, -0.2) is 34.1 Å². The zero-order valence-corrected chi connectivity index (χ0v) is 17.1. The number of sulfonamides is 1. The van der Waals surface area contributed by atoms with Crippen molar-refractivity contribution in [2.24, 2.45) is 0 Å². The minimum atomic E-state index is -3.63. The van der Waals surface area contributed by atoms with Gasteiger partial charge in [-0.15, -0.1) is 0 Å². The quantitative estimate of drug-likeness (QED) is 0.799. The number of carbonyl (C=O) groups is 1. The summed E-state index contributed by atoms with van der Waals surface area (Å²) >= 11 is 0. The zero-order valence-electron chi connectivity index (χ0n) is 16.3. The molecule has 0 saturated carbocycles. The molecule has 1 aliphatic heterocycles. The average molecular weight is 404 g/mol. The SMILES string of the molecule is CNS(=O)(=O)c1cccc(C(=O)N[C@H]2CC(C)(C)Oc3ccc(OC)cc32)c1. The van der Waals surface area contributed by atoms with Crippen LogP contribution in [-0.2, 0) is 10.0 Å². The van der Waals surface area contributed by atoms with Crippen molar-refractivity contribution in [3.8, 4) is 11.5 Å². The topological polar surface area (TPSA) is 93.7 Å². The Balaban J connectivity index is 1.91. The standard InChI is InChI=1S/C20H24N2O5S/c1-20(2)12-17(16-11-14(26-4)8-9-18(16)27-20)22-19(23)13-6-5-7-15(10-13)28(24,25)21-3/h5-11,17,21H,12H2,1-4H3,(H,22,23)/t17-/m0/s1. The molecule has 2 aromatic rings. The van der Waals surface area contributed by atoms with E-state index in [0.29, 0.717) is 17.9 Å². The second-order valence-corrected chi connectivity index (χ2v) is 9.12. The zero-order chi connectivity index (χ0) is 20.5. The number of fused-ring (bicyclic) bond motifs is 1. The van der Waals surface area contributed by atoms with Gasteiger partial charge in [0.1, 0.15) is 17.1 Å². The Morgan fingerprint density at radius 1 is 1.21 bits per heavy atom. The number of hydrogen-bond acceptors (Lipinski definition) is 5. The molecule has 0 aromatic heterocycles. The van der Waals surface area contributed by atoms with Gasteiger partial charge in [0.05, 0.1) is 18.0 Å². The van der Waals surface area contributed by atoms with E-state index in [0.717, 1.165) is 5.56 Å². The van der Waals surface area contributed by atoms with E-state index < -0.39 is 15.6 Å². The molecule has 0 bridgehead atoms. The Hall–Kier alpha value is -2.58. The van der Waals surface area contributed by atoms with Crippen molar-refractivity contribution in [3.05, 3.63) is 53.6 Å². The van der Waals surface area contributed by atoms with Gasteiger partial charge in [-0.2, -0.15) is 0 Å². The van der Waals surface area contributed by atoms with Crippen LogP contribution in [0.25, 0.3) is 0 Å². The fourth-order valence-corrected chi connectivity index (χ4v) is 4.03. The van der Waals surface area contributed by atoms with Crippen LogP contribution >= 0.6 is 0 Å². The second kappa shape index (κ2) is 7.44. The molecular formula is C20H24N2O5S. The fourth-order valence-electron chi connectivity index (χ4n) is 3.25. The molecule has 28 heavy (non-hydrogen) atoms. The maximum absolute atomic E-state index is 12.9. The van der Waals surface area contributed by atoms with Crippen molar-refractivity contribution in [1.82, 2.24) is 10.0 Å². The Morgan fingerprint density at radius 2 is 1.96 bits per heavy atom. The van der Waals surface area contributed by atoms with Gasteiger partial charge in [-0.25, -0.2) is 13.1 Å². The van der Waals surface area contributed by atoms with Crippen LogP contribution in [0.3, 0.4) is 0 Å². The first-order valence-electron chi connectivity index (χ1n) is 8.86. The lowest BCUT2D eigenvalue weighted by Crippen LogP contribution is -2.41. The molecule has 2 aromatic carbocycles. The van der Waals surface area contributed by atoms with Gasteiger partial charge in [0.15, 0.2) is 0 Å². The number of carbonyl (C=O) groups excluding carboxylic acids is 1. The summed E-state index contributed by atoms with van der Waals surface area (Å²) in [6, 6.07) is 11.1. The largest absolute Gasteiger partial charge is 0.497 e. The number of methoxy groups -OCH3 is 1. The molecule has 0 unspecified atom stereocenters. The summed E-state index contributed by atoms with van der Waals surface area (Å²) in [5.74, 6) is 1.00. The Bertz CT molecular complexity index is 1000. The monoisotopic (exact) mass is 404 g/mol. The van der Waals surface area contributed by atoms with Crippen LogP contribution in [0.15, 0.2) is 47.4 Å². The van der Waals surface area contributed by atoms with E-state index in [4.69, 9.17) is 9.47 Å². The van der Waals surface area contributed by atoms with Crippen molar-refractivity contribution < 1.29 is 22.7 Å². The summed E-state index contributed by atoms with van der Waals surface area (Å²) < 4.78 is 37.6. The van der Waals surface area contributed by atoms with Gasteiger partial charge in [-0.1, -0.05) is 6.07 Å². The van der Waals surface area contributed by atoms with Crippen LogP contribution < -0.4 is 19.5 Å². The molecule has 0 radical (unpaired) electrons. The number of nitrogens with one attached hydrogen (secondary N) is 2. The molecule has 0 aliphatic carbocycles. The summed E-state index contributed by atoms with van der Waals surface area (Å²) in [5.41, 5.74) is 0.632. The minimum absolute atomic E-state index is 0.0389. The lowest BCUT2D eigenvalue weighted by atomic mass is 9.89. The molecule has 150 valence electrons. The maximum Gasteiger partial charge on any atom is 0.251 e. The number of rotatable bonds is 5. The van der Waals surface area contributed by atoms with E-state index in [1.54, 1.807) is 19.2 Å². The van der Waals surface area contributed by atoms with Crippen LogP contribution in [0.5, 0.6) is 11.5 Å². The van der Waals surface area contributed by atoms with Crippen molar-refractivity contribution in [3.63, 3.8) is 0 Å². The van der Waals surface area contributed by atoms with E-state index in [-0.39, 0.29) is 22.4 Å². The number of hydrogen-bond donors (Lipinski definition) is 2. The highest BCUT2D eigenvalue weighted by atomic mass is 32.2. The summed E-state index contributed by atoms with van der Waals surface area (Å²) in [7, 11) is -0.720.